The number of nitrogens with zero attached hydrogens (tertiary/aromatic N) is 2. The lowest BCUT2D eigenvalue weighted by Crippen LogP contribution is -2.32. The van der Waals surface area contributed by atoms with Crippen LogP contribution in [0.5, 0.6) is 0 Å². The van der Waals surface area contributed by atoms with Gasteiger partial charge >= 0.3 is 0 Å². The topological polar surface area (TPSA) is 85.2 Å². The third-order valence-corrected chi connectivity index (χ3v) is 3.08. The van der Waals surface area contributed by atoms with Crippen LogP contribution in [0.3, 0.4) is 0 Å². The first-order chi connectivity index (χ1) is 8.11. The first-order valence-corrected chi connectivity index (χ1v) is 5.83. The fourth-order valence-corrected chi connectivity index (χ4v) is 2.30. The number of nitrogens with two attached hydrogens (primary N) is 2. The zero-order chi connectivity index (χ0) is 12.4. The molecule has 5 nitrogen and oxygen atoms in total. The molecule has 1 aromatic rings. The molecule has 0 aromatic carbocycles. The molecular weight excluding hydrogens is 216 g/mol. The van der Waals surface area contributed by atoms with Crippen molar-refractivity contribution in [3.05, 3.63) is 22.9 Å². The Balaban J connectivity index is 2.35. The molecule has 0 saturated heterocycles. The molecule has 0 radical (unpaired) electrons. The molecule has 4 N–H and O–H groups in total. The number of amides is 1. The van der Waals surface area contributed by atoms with Crippen LogP contribution in [0.15, 0.2) is 6.07 Å². The molecule has 92 valence electrons. The third-order valence-electron chi connectivity index (χ3n) is 3.08. The van der Waals surface area contributed by atoms with Gasteiger partial charge in [-0.1, -0.05) is 0 Å². The summed E-state index contributed by atoms with van der Waals surface area (Å²) in [6.07, 6.45) is 3.24. The van der Waals surface area contributed by atoms with Gasteiger partial charge in [-0.05, 0) is 30.9 Å². The van der Waals surface area contributed by atoms with E-state index in [0.717, 1.165) is 36.3 Å². The van der Waals surface area contributed by atoms with Crippen molar-refractivity contribution in [2.75, 3.05) is 18.5 Å². The summed E-state index contributed by atoms with van der Waals surface area (Å²) in [5, 5.41) is 0. The number of rotatable bonds is 4. The predicted molar refractivity (Wildman–Crippen MR) is 66.6 cm³/mol. The van der Waals surface area contributed by atoms with Gasteiger partial charge in [0.15, 0.2) is 0 Å². The summed E-state index contributed by atoms with van der Waals surface area (Å²) in [4.78, 5) is 17.3. The number of carbonyl (C=O) groups is 1. The minimum absolute atomic E-state index is 0.165. The number of hydrogen-bond acceptors (Lipinski definition) is 4. The summed E-state index contributed by atoms with van der Waals surface area (Å²) in [5.41, 5.74) is 14.3. The van der Waals surface area contributed by atoms with Crippen LogP contribution in [-0.4, -0.2) is 24.5 Å². The second-order valence-corrected chi connectivity index (χ2v) is 4.46. The second kappa shape index (κ2) is 4.71. The highest BCUT2D eigenvalue weighted by atomic mass is 16.1. The van der Waals surface area contributed by atoms with Crippen molar-refractivity contribution >= 4 is 11.7 Å². The normalized spacial score (nSPS) is 13.5. The Morgan fingerprint density at radius 3 is 2.94 bits per heavy atom. The average Bonchev–Trinajstić information content (AvgIpc) is 2.73. The summed E-state index contributed by atoms with van der Waals surface area (Å²) in [7, 11) is 1.81. The highest BCUT2D eigenvalue weighted by Gasteiger charge is 2.18. The highest BCUT2D eigenvalue weighted by molar-refractivity contribution is 5.79. The summed E-state index contributed by atoms with van der Waals surface area (Å²) in [6.45, 7) is 0.595. The van der Waals surface area contributed by atoms with E-state index < -0.39 is 0 Å². The van der Waals surface area contributed by atoms with Gasteiger partial charge in [-0.25, -0.2) is 4.98 Å². The van der Waals surface area contributed by atoms with Crippen LogP contribution in [0.1, 0.15) is 23.2 Å². The van der Waals surface area contributed by atoms with E-state index in [0.29, 0.717) is 6.54 Å². The Kier molecular flexibility index (Phi) is 3.28. The number of carbonyl (C=O) groups excluding carboxylic acids is 1. The lowest BCUT2D eigenvalue weighted by molar-refractivity contribution is -0.116. The largest absolute Gasteiger partial charge is 0.368 e. The molecule has 0 aliphatic heterocycles. The third kappa shape index (κ3) is 2.39. The minimum atomic E-state index is -0.363. The quantitative estimate of drug-likeness (QED) is 0.765. The Hall–Kier alpha value is -1.62. The Morgan fingerprint density at radius 2 is 2.29 bits per heavy atom. The van der Waals surface area contributed by atoms with Crippen molar-refractivity contribution in [1.82, 2.24) is 4.98 Å². The lowest BCUT2D eigenvalue weighted by Gasteiger charge is -2.20. The fourth-order valence-electron chi connectivity index (χ4n) is 2.30. The van der Waals surface area contributed by atoms with Crippen LogP contribution in [0, 0.1) is 0 Å². The summed E-state index contributed by atoms with van der Waals surface area (Å²) in [5.74, 6) is 0.421. The molecule has 0 atom stereocenters. The maximum atomic E-state index is 10.9. The standard InChI is InChI=1S/C12H18N4O/c1-16(7-11(14)17)12-9(6-13)5-8-3-2-4-10(8)15-12/h5H,2-4,6-7,13H2,1H3,(H2,14,17). The van der Waals surface area contributed by atoms with E-state index in [4.69, 9.17) is 11.5 Å². The van der Waals surface area contributed by atoms with Crippen molar-refractivity contribution in [3.63, 3.8) is 0 Å². The molecule has 0 spiro atoms. The van der Waals surface area contributed by atoms with Gasteiger partial charge in [-0.15, -0.1) is 0 Å². The van der Waals surface area contributed by atoms with Crippen molar-refractivity contribution in [2.45, 2.75) is 25.8 Å². The monoisotopic (exact) mass is 234 g/mol. The average molecular weight is 234 g/mol. The van der Waals surface area contributed by atoms with E-state index in [2.05, 4.69) is 11.1 Å². The van der Waals surface area contributed by atoms with Crippen molar-refractivity contribution in [3.8, 4) is 0 Å². The van der Waals surface area contributed by atoms with Crippen molar-refractivity contribution in [2.24, 2.45) is 11.5 Å². The van der Waals surface area contributed by atoms with Crippen molar-refractivity contribution in [1.29, 1.82) is 0 Å². The molecule has 2 rings (SSSR count). The molecule has 0 bridgehead atoms. The van der Waals surface area contributed by atoms with Gasteiger partial charge in [-0.2, -0.15) is 0 Å². The van der Waals surface area contributed by atoms with E-state index in [1.807, 2.05) is 7.05 Å². The van der Waals surface area contributed by atoms with Gasteiger partial charge < -0.3 is 16.4 Å². The Morgan fingerprint density at radius 1 is 1.53 bits per heavy atom. The molecule has 1 heterocycles. The smallest absolute Gasteiger partial charge is 0.236 e. The van der Waals surface area contributed by atoms with Gasteiger partial charge in [0.1, 0.15) is 5.82 Å². The van der Waals surface area contributed by atoms with E-state index in [9.17, 15) is 4.79 Å². The number of likely N-dealkylation sites (N-methyl/N-ethyl adjacent to an activating group) is 1. The number of hydrogen-bond donors (Lipinski definition) is 2. The predicted octanol–water partition coefficient (Wildman–Crippen LogP) is -0.0495. The fraction of sp³-hybridized carbons (Fsp3) is 0.500. The zero-order valence-corrected chi connectivity index (χ0v) is 10.1. The highest BCUT2D eigenvalue weighted by Crippen LogP contribution is 2.26. The number of fused-ring (bicyclic) bond motifs is 1. The van der Waals surface area contributed by atoms with Crippen LogP contribution in [0.4, 0.5) is 5.82 Å². The first-order valence-electron chi connectivity index (χ1n) is 5.83. The van der Waals surface area contributed by atoms with E-state index in [-0.39, 0.29) is 12.5 Å². The zero-order valence-electron chi connectivity index (χ0n) is 10.1. The van der Waals surface area contributed by atoms with Gasteiger partial charge in [0.2, 0.25) is 5.91 Å². The number of pyridine rings is 1. The van der Waals surface area contributed by atoms with Gasteiger partial charge in [-0.3, -0.25) is 4.79 Å². The summed E-state index contributed by atoms with van der Waals surface area (Å²) < 4.78 is 0. The second-order valence-electron chi connectivity index (χ2n) is 4.46. The molecule has 17 heavy (non-hydrogen) atoms. The molecule has 0 fully saturated rings. The van der Waals surface area contributed by atoms with Crippen LogP contribution >= 0.6 is 0 Å². The Bertz CT molecular complexity index is 444. The van der Waals surface area contributed by atoms with Crippen LogP contribution in [-0.2, 0) is 24.2 Å². The molecular formula is C12H18N4O. The minimum Gasteiger partial charge on any atom is -0.368 e. The van der Waals surface area contributed by atoms with E-state index in [1.165, 1.54) is 5.56 Å². The molecule has 0 unspecified atom stereocenters. The van der Waals surface area contributed by atoms with Gasteiger partial charge in [0.05, 0.1) is 6.54 Å². The molecule has 1 aromatic heterocycles. The van der Waals surface area contributed by atoms with Crippen LogP contribution < -0.4 is 16.4 Å². The SMILES string of the molecule is CN(CC(N)=O)c1nc2c(cc1CN)CCC2. The molecule has 5 heteroatoms. The maximum absolute atomic E-state index is 10.9. The summed E-state index contributed by atoms with van der Waals surface area (Å²) >= 11 is 0. The van der Waals surface area contributed by atoms with E-state index in [1.54, 1.807) is 4.90 Å². The van der Waals surface area contributed by atoms with E-state index >= 15 is 0 Å². The number of primary amides is 1. The summed E-state index contributed by atoms with van der Waals surface area (Å²) in [6, 6.07) is 2.11. The molecule has 1 amide bonds. The number of aryl methyl sites for hydroxylation is 2. The lowest BCUT2D eigenvalue weighted by atomic mass is 10.1. The number of aromatic nitrogens is 1. The molecule has 1 aliphatic carbocycles. The molecule has 0 saturated carbocycles. The van der Waals surface area contributed by atoms with Gasteiger partial charge in [0, 0.05) is 24.8 Å². The Labute approximate surface area is 101 Å². The van der Waals surface area contributed by atoms with Crippen LogP contribution in [0.2, 0.25) is 0 Å². The first kappa shape index (κ1) is 11.9. The van der Waals surface area contributed by atoms with Gasteiger partial charge in [0.25, 0.3) is 0 Å². The number of anilines is 1. The van der Waals surface area contributed by atoms with Crippen LogP contribution in [0.25, 0.3) is 0 Å². The molecule has 1 aliphatic rings. The maximum Gasteiger partial charge on any atom is 0.236 e. The van der Waals surface area contributed by atoms with Crippen molar-refractivity contribution < 1.29 is 4.79 Å².